The van der Waals surface area contributed by atoms with Crippen molar-refractivity contribution in [2.75, 3.05) is 19.6 Å². The molecular formula is C11H24BN5O7S. The molecule has 3 atom stereocenters. The normalized spacial score (nSPS) is 25.6. The first-order valence-electron chi connectivity index (χ1n) is 7.59. The van der Waals surface area contributed by atoms with Gasteiger partial charge in [-0.25, -0.2) is 4.72 Å². The Morgan fingerprint density at radius 1 is 1.40 bits per heavy atom. The van der Waals surface area contributed by atoms with Crippen molar-refractivity contribution in [1.29, 1.82) is 0 Å². The molecule has 0 saturated carbocycles. The van der Waals surface area contributed by atoms with Gasteiger partial charge in [0.2, 0.25) is 0 Å². The van der Waals surface area contributed by atoms with Crippen molar-refractivity contribution in [1.82, 2.24) is 9.03 Å². The summed E-state index contributed by atoms with van der Waals surface area (Å²) in [4.78, 5) is 23.2. The Balaban J connectivity index is 2.89. The second-order valence-corrected chi connectivity index (χ2v) is 7.73. The van der Waals surface area contributed by atoms with Gasteiger partial charge in [-0.3, -0.25) is 9.59 Å². The van der Waals surface area contributed by atoms with Crippen LogP contribution in [0.1, 0.15) is 12.8 Å². The number of amides is 1. The highest BCUT2D eigenvalue weighted by molar-refractivity contribution is 7.87. The second kappa shape index (κ2) is 8.40. The van der Waals surface area contributed by atoms with Crippen LogP contribution in [0.15, 0.2) is 0 Å². The summed E-state index contributed by atoms with van der Waals surface area (Å²) in [5.74, 6) is -3.16. The number of rotatable bonds is 9. The zero-order chi connectivity index (χ0) is 19.4. The van der Waals surface area contributed by atoms with Crippen LogP contribution in [0.25, 0.3) is 0 Å². The molecule has 14 heteroatoms. The number of hydrogen-bond donors (Lipinski definition) is 7. The van der Waals surface area contributed by atoms with Crippen molar-refractivity contribution in [3.8, 4) is 0 Å². The van der Waals surface area contributed by atoms with Gasteiger partial charge in [0.25, 0.3) is 5.91 Å². The van der Waals surface area contributed by atoms with E-state index < -0.39 is 53.2 Å². The summed E-state index contributed by atoms with van der Waals surface area (Å²) >= 11 is 0. The number of carbonyl (C=O) groups excluding carboxylic acids is 1. The number of hydrogen-bond acceptors (Lipinski definition) is 9. The average molecular weight is 381 g/mol. The first-order valence-corrected chi connectivity index (χ1v) is 9.03. The van der Waals surface area contributed by atoms with Crippen LogP contribution in [0.4, 0.5) is 0 Å². The first kappa shape index (κ1) is 21.8. The fraction of sp³-hybridized carbons (Fsp3) is 0.818. The number of nitrogens with one attached hydrogen (secondary N) is 1. The Bertz CT molecular complexity index is 604. The van der Waals surface area contributed by atoms with E-state index in [1.165, 1.54) is 0 Å². The van der Waals surface area contributed by atoms with Gasteiger partial charge in [-0.05, 0) is 12.7 Å². The van der Waals surface area contributed by atoms with Crippen molar-refractivity contribution < 1.29 is 33.2 Å². The Labute approximate surface area is 145 Å². The molecule has 1 amide bonds. The first-order chi connectivity index (χ1) is 11.4. The number of carboxylic acids is 1. The molecular weight excluding hydrogens is 357 g/mol. The summed E-state index contributed by atoms with van der Waals surface area (Å²) in [7, 11) is -5.88. The van der Waals surface area contributed by atoms with E-state index >= 15 is 0 Å². The van der Waals surface area contributed by atoms with Crippen molar-refractivity contribution >= 4 is 29.2 Å². The molecule has 0 radical (unpaired) electrons. The predicted octanol–water partition coefficient (Wildman–Crippen LogP) is -4.40. The summed E-state index contributed by atoms with van der Waals surface area (Å²) in [6, 6.07) is -1.22. The molecule has 0 aromatic heterocycles. The third kappa shape index (κ3) is 5.34. The summed E-state index contributed by atoms with van der Waals surface area (Å²) in [6.45, 7) is -1.02. The van der Waals surface area contributed by atoms with Gasteiger partial charge in [-0.15, -0.1) is 0 Å². The predicted molar refractivity (Wildman–Crippen MR) is 87.9 cm³/mol. The molecule has 10 N–H and O–H groups in total. The molecule has 12 nitrogen and oxygen atoms in total. The summed E-state index contributed by atoms with van der Waals surface area (Å²) in [6.07, 6.45) is 0.413. The minimum atomic E-state index is -4.34. The molecule has 0 aromatic rings. The molecule has 0 bridgehead atoms. The minimum Gasteiger partial charge on any atom is -0.480 e. The lowest BCUT2D eigenvalue weighted by molar-refractivity contribution is -0.144. The fourth-order valence-electron chi connectivity index (χ4n) is 2.59. The maximum absolute atomic E-state index is 12.3. The monoisotopic (exact) mass is 381 g/mol. The maximum Gasteiger partial charge on any atom is 0.451 e. The van der Waals surface area contributed by atoms with E-state index in [1.54, 1.807) is 4.72 Å². The van der Waals surface area contributed by atoms with Gasteiger partial charge in [-0.1, -0.05) is 6.42 Å². The van der Waals surface area contributed by atoms with Gasteiger partial charge < -0.3 is 32.4 Å². The zero-order valence-electron chi connectivity index (χ0n) is 13.5. The Hall–Kier alpha value is -1.29. The van der Waals surface area contributed by atoms with Gasteiger partial charge in [0, 0.05) is 25.6 Å². The van der Waals surface area contributed by atoms with Gasteiger partial charge >= 0.3 is 23.3 Å². The molecule has 0 unspecified atom stereocenters. The van der Waals surface area contributed by atoms with Crippen LogP contribution < -0.4 is 21.9 Å². The van der Waals surface area contributed by atoms with E-state index in [2.05, 4.69) is 0 Å². The molecule has 1 aliphatic rings. The summed E-state index contributed by atoms with van der Waals surface area (Å²) in [5, 5.41) is 27.1. The highest BCUT2D eigenvalue weighted by Gasteiger charge is 2.52. The topological polar surface area (TPSA) is 222 Å². The summed E-state index contributed by atoms with van der Waals surface area (Å²) < 4.78 is 27.1. The number of carbonyl (C=O) groups is 2. The minimum absolute atomic E-state index is 0.00103. The lowest BCUT2D eigenvalue weighted by Gasteiger charge is -2.25. The van der Waals surface area contributed by atoms with E-state index in [0.717, 1.165) is 4.31 Å². The SMILES string of the molecule is NC[C@H](N)C(=O)NS(=O)(=O)N1C[C@H](CCCB(O)O)[C@](N)(C(=O)O)C1. The van der Waals surface area contributed by atoms with Crippen LogP contribution in [-0.2, 0) is 19.8 Å². The molecule has 1 heterocycles. The lowest BCUT2D eigenvalue weighted by Crippen LogP contribution is -2.56. The van der Waals surface area contributed by atoms with Crippen LogP contribution in [0.2, 0.25) is 6.32 Å². The van der Waals surface area contributed by atoms with E-state index in [9.17, 15) is 23.1 Å². The van der Waals surface area contributed by atoms with Crippen molar-refractivity contribution in [3.63, 3.8) is 0 Å². The fourth-order valence-corrected chi connectivity index (χ4v) is 3.88. The van der Waals surface area contributed by atoms with E-state index in [1.807, 2.05) is 0 Å². The molecule has 0 spiro atoms. The summed E-state index contributed by atoms with van der Waals surface area (Å²) in [5.41, 5.74) is 14.6. The highest BCUT2D eigenvalue weighted by Crippen LogP contribution is 2.31. The van der Waals surface area contributed by atoms with Gasteiger partial charge in [0.15, 0.2) is 0 Å². The average Bonchev–Trinajstić information content (AvgIpc) is 2.85. The third-order valence-corrected chi connectivity index (χ3v) is 5.58. The number of nitrogens with two attached hydrogens (primary N) is 3. The van der Waals surface area contributed by atoms with Crippen LogP contribution >= 0.6 is 0 Å². The van der Waals surface area contributed by atoms with Crippen molar-refractivity contribution in [2.24, 2.45) is 23.1 Å². The second-order valence-electron chi connectivity index (χ2n) is 6.06. The molecule has 25 heavy (non-hydrogen) atoms. The largest absolute Gasteiger partial charge is 0.480 e. The van der Waals surface area contributed by atoms with Crippen molar-refractivity contribution in [3.05, 3.63) is 0 Å². The van der Waals surface area contributed by atoms with Gasteiger partial charge in [0.1, 0.15) is 5.54 Å². The molecule has 1 saturated heterocycles. The highest BCUT2D eigenvalue weighted by atomic mass is 32.2. The smallest absolute Gasteiger partial charge is 0.451 e. The van der Waals surface area contributed by atoms with Crippen LogP contribution in [0.3, 0.4) is 0 Å². The third-order valence-electron chi connectivity index (χ3n) is 4.16. The lowest BCUT2D eigenvalue weighted by atomic mass is 9.78. The van der Waals surface area contributed by atoms with E-state index in [-0.39, 0.29) is 32.3 Å². The molecule has 0 aromatic carbocycles. The molecule has 1 rings (SSSR count). The molecule has 144 valence electrons. The quantitative estimate of drug-likeness (QED) is 0.190. The Morgan fingerprint density at radius 3 is 2.48 bits per heavy atom. The number of carboxylic acid groups (broad SMARTS) is 1. The molecule has 1 aliphatic heterocycles. The van der Waals surface area contributed by atoms with Crippen LogP contribution in [-0.4, -0.2) is 78.1 Å². The number of aliphatic carboxylic acids is 1. The Morgan fingerprint density at radius 2 is 2.00 bits per heavy atom. The molecule has 0 aliphatic carbocycles. The van der Waals surface area contributed by atoms with Crippen LogP contribution in [0, 0.1) is 5.92 Å². The van der Waals surface area contributed by atoms with Crippen molar-refractivity contribution in [2.45, 2.75) is 30.7 Å². The van der Waals surface area contributed by atoms with Gasteiger partial charge in [0.05, 0.1) is 6.04 Å². The number of nitrogens with zero attached hydrogens (tertiary/aromatic N) is 1. The van der Waals surface area contributed by atoms with E-state index in [0.29, 0.717) is 0 Å². The zero-order valence-corrected chi connectivity index (χ0v) is 14.4. The Kier molecular flexibility index (Phi) is 7.31. The van der Waals surface area contributed by atoms with Gasteiger partial charge in [-0.2, -0.15) is 12.7 Å². The molecule has 1 fully saturated rings. The van der Waals surface area contributed by atoms with Crippen LogP contribution in [0.5, 0.6) is 0 Å². The maximum atomic E-state index is 12.3. The van der Waals surface area contributed by atoms with E-state index in [4.69, 9.17) is 27.2 Å². The standard InChI is InChI=1S/C11H24BN5O7S/c13-4-8(14)9(18)16-25(23,24)17-5-7(2-1-3-12(21)22)11(15,6-17)10(19)20/h7-8,21-22H,1-6,13-15H2,(H,16,18)(H,19,20)/t7-,8-,11-/m0/s1.